The molecule has 1 atom stereocenters. The van der Waals surface area contributed by atoms with Gasteiger partial charge in [0.15, 0.2) is 0 Å². The standard InChI is InChI=1S/C15H27N3OS/c1-10(12(16)20)17-6-8-18(9-7-17)13(19)11-14(2,3)15(11,4)5/h10-11H,6-9H2,1-5H3,(H2,16,20). The number of hydrogen-bond acceptors (Lipinski definition) is 3. The largest absolute Gasteiger partial charge is 0.392 e. The number of piperazine rings is 1. The Morgan fingerprint density at radius 3 is 1.95 bits per heavy atom. The van der Waals surface area contributed by atoms with Crippen LogP contribution in [-0.4, -0.2) is 52.9 Å². The van der Waals surface area contributed by atoms with E-state index in [2.05, 4.69) is 32.6 Å². The molecule has 2 rings (SSSR count). The highest BCUT2D eigenvalue weighted by Gasteiger charge is 2.68. The summed E-state index contributed by atoms with van der Waals surface area (Å²) in [5.41, 5.74) is 5.94. The Balaban J connectivity index is 1.92. The number of rotatable bonds is 3. The Hall–Kier alpha value is -0.680. The fraction of sp³-hybridized carbons (Fsp3) is 0.867. The third-order valence-electron chi connectivity index (χ3n) is 5.85. The summed E-state index contributed by atoms with van der Waals surface area (Å²) >= 11 is 5.05. The van der Waals surface area contributed by atoms with Crippen LogP contribution in [0.5, 0.6) is 0 Å². The summed E-state index contributed by atoms with van der Waals surface area (Å²) in [5.74, 6) is 0.484. The van der Waals surface area contributed by atoms with Crippen LogP contribution >= 0.6 is 12.2 Å². The molecule has 1 aliphatic heterocycles. The number of carbonyl (C=O) groups is 1. The second-order valence-corrected chi connectivity index (χ2v) is 7.79. The van der Waals surface area contributed by atoms with E-state index in [0.717, 1.165) is 26.2 Å². The maximum atomic E-state index is 12.7. The Bertz CT molecular complexity index is 411. The second-order valence-electron chi connectivity index (χ2n) is 7.32. The van der Waals surface area contributed by atoms with Crippen molar-refractivity contribution in [1.29, 1.82) is 0 Å². The molecule has 1 heterocycles. The van der Waals surface area contributed by atoms with Crippen LogP contribution in [-0.2, 0) is 4.79 Å². The molecule has 114 valence electrons. The predicted molar refractivity (Wildman–Crippen MR) is 85.5 cm³/mol. The average Bonchev–Trinajstić information content (AvgIpc) is 2.78. The van der Waals surface area contributed by atoms with E-state index >= 15 is 0 Å². The Kier molecular flexibility index (Phi) is 3.89. The quantitative estimate of drug-likeness (QED) is 0.802. The molecule has 5 heteroatoms. The highest BCUT2D eigenvalue weighted by Crippen LogP contribution is 2.68. The van der Waals surface area contributed by atoms with Gasteiger partial charge in [-0.15, -0.1) is 0 Å². The number of nitrogens with zero attached hydrogens (tertiary/aromatic N) is 2. The lowest BCUT2D eigenvalue weighted by atomic mass is 10.0. The summed E-state index contributed by atoms with van der Waals surface area (Å²) in [6.07, 6.45) is 0. The van der Waals surface area contributed by atoms with E-state index in [4.69, 9.17) is 18.0 Å². The van der Waals surface area contributed by atoms with E-state index in [1.54, 1.807) is 0 Å². The van der Waals surface area contributed by atoms with Gasteiger partial charge in [0.25, 0.3) is 0 Å². The zero-order valence-electron chi connectivity index (χ0n) is 13.3. The SMILES string of the molecule is CC(C(N)=S)N1CCN(C(=O)C2C(C)(C)C2(C)C)CC1. The molecule has 1 unspecified atom stereocenters. The Morgan fingerprint density at radius 2 is 1.60 bits per heavy atom. The van der Waals surface area contributed by atoms with Crippen molar-refractivity contribution >= 4 is 23.1 Å². The molecule has 1 amide bonds. The molecule has 1 aliphatic carbocycles. The third kappa shape index (κ3) is 2.35. The molecule has 2 fully saturated rings. The predicted octanol–water partition coefficient (Wildman–Crippen LogP) is 1.49. The molecular weight excluding hydrogens is 270 g/mol. The molecular formula is C15H27N3OS. The molecule has 0 aromatic rings. The fourth-order valence-electron chi connectivity index (χ4n) is 3.51. The summed E-state index contributed by atoms with van der Waals surface area (Å²) in [5, 5.41) is 0. The van der Waals surface area contributed by atoms with Crippen LogP contribution in [0.15, 0.2) is 0 Å². The zero-order valence-corrected chi connectivity index (χ0v) is 14.1. The maximum Gasteiger partial charge on any atom is 0.226 e. The van der Waals surface area contributed by atoms with E-state index in [-0.39, 0.29) is 22.8 Å². The molecule has 0 aromatic heterocycles. The number of hydrogen-bond donors (Lipinski definition) is 1. The van der Waals surface area contributed by atoms with Crippen molar-refractivity contribution in [2.45, 2.75) is 40.7 Å². The second kappa shape index (κ2) is 4.95. The molecule has 2 aliphatic rings. The van der Waals surface area contributed by atoms with Gasteiger partial charge in [0.2, 0.25) is 5.91 Å². The van der Waals surface area contributed by atoms with Crippen molar-refractivity contribution in [3.8, 4) is 0 Å². The van der Waals surface area contributed by atoms with Crippen LogP contribution in [0.3, 0.4) is 0 Å². The first kappa shape index (κ1) is 15.7. The highest BCUT2D eigenvalue weighted by molar-refractivity contribution is 7.80. The minimum absolute atomic E-state index is 0.118. The topological polar surface area (TPSA) is 49.6 Å². The molecule has 0 bridgehead atoms. The van der Waals surface area contributed by atoms with Gasteiger partial charge < -0.3 is 10.6 Å². The molecule has 1 saturated heterocycles. The first-order valence-corrected chi connectivity index (χ1v) is 7.83. The Morgan fingerprint density at radius 1 is 1.15 bits per heavy atom. The summed E-state index contributed by atoms with van der Waals surface area (Å²) in [4.78, 5) is 17.5. The van der Waals surface area contributed by atoms with Crippen LogP contribution < -0.4 is 5.73 Å². The van der Waals surface area contributed by atoms with E-state index in [9.17, 15) is 4.79 Å². The summed E-state index contributed by atoms with van der Waals surface area (Å²) in [6.45, 7) is 14.1. The lowest BCUT2D eigenvalue weighted by molar-refractivity contribution is -0.135. The van der Waals surface area contributed by atoms with Gasteiger partial charge >= 0.3 is 0 Å². The van der Waals surface area contributed by atoms with Gasteiger partial charge in [0, 0.05) is 32.1 Å². The van der Waals surface area contributed by atoms with Crippen LogP contribution in [0, 0.1) is 16.7 Å². The van der Waals surface area contributed by atoms with Crippen molar-refractivity contribution in [1.82, 2.24) is 9.80 Å². The van der Waals surface area contributed by atoms with Gasteiger partial charge in [0.05, 0.1) is 11.0 Å². The van der Waals surface area contributed by atoms with Crippen molar-refractivity contribution in [3.63, 3.8) is 0 Å². The lowest BCUT2D eigenvalue weighted by Gasteiger charge is -2.38. The first-order chi connectivity index (χ1) is 9.10. The van der Waals surface area contributed by atoms with E-state index in [1.807, 2.05) is 11.8 Å². The zero-order chi connectivity index (χ0) is 15.3. The average molecular weight is 297 g/mol. The van der Waals surface area contributed by atoms with Gasteiger partial charge in [-0.05, 0) is 17.8 Å². The van der Waals surface area contributed by atoms with Crippen molar-refractivity contribution in [2.24, 2.45) is 22.5 Å². The van der Waals surface area contributed by atoms with Crippen LogP contribution in [0.4, 0.5) is 0 Å². The minimum Gasteiger partial charge on any atom is -0.392 e. The molecule has 1 saturated carbocycles. The fourth-order valence-corrected chi connectivity index (χ4v) is 3.65. The van der Waals surface area contributed by atoms with Crippen molar-refractivity contribution in [2.75, 3.05) is 26.2 Å². The van der Waals surface area contributed by atoms with Crippen molar-refractivity contribution in [3.05, 3.63) is 0 Å². The van der Waals surface area contributed by atoms with Gasteiger partial charge in [-0.2, -0.15) is 0 Å². The number of carbonyl (C=O) groups excluding carboxylic acids is 1. The van der Waals surface area contributed by atoms with Crippen molar-refractivity contribution < 1.29 is 4.79 Å². The van der Waals surface area contributed by atoms with Crippen LogP contribution in [0.2, 0.25) is 0 Å². The third-order valence-corrected chi connectivity index (χ3v) is 6.19. The molecule has 0 spiro atoms. The smallest absolute Gasteiger partial charge is 0.226 e. The number of amides is 1. The summed E-state index contributed by atoms with van der Waals surface area (Å²) < 4.78 is 0. The maximum absolute atomic E-state index is 12.7. The first-order valence-electron chi connectivity index (χ1n) is 7.43. The van der Waals surface area contributed by atoms with Gasteiger partial charge in [-0.3, -0.25) is 9.69 Å². The van der Waals surface area contributed by atoms with E-state index in [0.29, 0.717) is 10.9 Å². The highest BCUT2D eigenvalue weighted by atomic mass is 32.1. The molecule has 2 N–H and O–H groups in total. The molecule has 4 nitrogen and oxygen atoms in total. The van der Waals surface area contributed by atoms with Gasteiger partial charge in [-0.1, -0.05) is 39.9 Å². The van der Waals surface area contributed by atoms with E-state index < -0.39 is 0 Å². The molecule has 20 heavy (non-hydrogen) atoms. The molecule has 0 aromatic carbocycles. The Labute approximate surface area is 127 Å². The monoisotopic (exact) mass is 297 g/mol. The van der Waals surface area contributed by atoms with Crippen LogP contribution in [0.25, 0.3) is 0 Å². The van der Waals surface area contributed by atoms with E-state index in [1.165, 1.54) is 0 Å². The van der Waals surface area contributed by atoms with Gasteiger partial charge in [-0.25, -0.2) is 0 Å². The minimum atomic E-state index is 0.118. The van der Waals surface area contributed by atoms with Gasteiger partial charge in [0.1, 0.15) is 0 Å². The number of nitrogens with two attached hydrogens (primary N) is 1. The lowest BCUT2D eigenvalue weighted by Crippen LogP contribution is -2.54. The summed E-state index contributed by atoms with van der Waals surface area (Å²) in [6, 6.07) is 0.121. The number of thiocarbonyl (C=S) groups is 1. The van der Waals surface area contributed by atoms with Crippen LogP contribution in [0.1, 0.15) is 34.6 Å². The molecule has 0 radical (unpaired) electrons. The normalized spacial score (nSPS) is 27.1. The summed E-state index contributed by atoms with van der Waals surface area (Å²) in [7, 11) is 0.